The molecule has 33 heavy (non-hydrogen) atoms. The van der Waals surface area contributed by atoms with Crippen LogP contribution in [0.25, 0.3) is 39.5 Å². The van der Waals surface area contributed by atoms with E-state index in [4.69, 9.17) is 9.26 Å². The summed E-state index contributed by atoms with van der Waals surface area (Å²) in [6, 6.07) is 10.6. The minimum absolute atomic E-state index is 0.0345. The summed E-state index contributed by atoms with van der Waals surface area (Å²) in [4.78, 5) is 22.2. The molecule has 1 aliphatic heterocycles. The molecule has 2 aromatic carbocycles. The molecule has 1 atom stereocenters. The normalized spacial score (nSPS) is 16.2. The molecule has 0 bridgehead atoms. The lowest BCUT2D eigenvalue weighted by molar-refractivity contribution is 0.0973. The summed E-state index contributed by atoms with van der Waals surface area (Å²) >= 11 is 0. The Balaban J connectivity index is 1.53. The predicted octanol–water partition coefficient (Wildman–Crippen LogP) is 3.82. The van der Waals surface area contributed by atoms with Crippen molar-refractivity contribution in [3.05, 3.63) is 70.8 Å². The van der Waals surface area contributed by atoms with Crippen molar-refractivity contribution in [3.8, 4) is 23.0 Å². The van der Waals surface area contributed by atoms with Gasteiger partial charge in [0.2, 0.25) is 5.82 Å². The lowest BCUT2D eigenvalue weighted by Crippen LogP contribution is -2.28. The Morgan fingerprint density at radius 3 is 2.76 bits per heavy atom. The van der Waals surface area contributed by atoms with Crippen LogP contribution in [0.5, 0.6) is 0 Å². The third kappa shape index (κ3) is 3.21. The Hall–Kier alpha value is -3.92. The molecule has 0 aliphatic carbocycles. The number of ether oxygens (including phenoxy) is 1. The van der Waals surface area contributed by atoms with Crippen LogP contribution in [0.3, 0.4) is 0 Å². The van der Waals surface area contributed by atoms with Crippen molar-refractivity contribution < 1.29 is 18.0 Å². The fourth-order valence-corrected chi connectivity index (χ4v) is 4.30. The van der Waals surface area contributed by atoms with Crippen molar-refractivity contribution in [2.75, 3.05) is 6.61 Å². The van der Waals surface area contributed by atoms with E-state index in [-0.39, 0.29) is 40.2 Å². The van der Waals surface area contributed by atoms with Gasteiger partial charge in [-0.05, 0) is 37.1 Å². The van der Waals surface area contributed by atoms with Crippen LogP contribution < -0.4 is 5.56 Å². The van der Waals surface area contributed by atoms with Gasteiger partial charge in [-0.25, -0.2) is 13.8 Å². The number of hydrogen-bond donors (Lipinski definition) is 0. The van der Waals surface area contributed by atoms with Gasteiger partial charge in [0.1, 0.15) is 29.2 Å². The van der Waals surface area contributed by atoms with Crippen LogP contribution >= 0.6 is 0 Å². The summed E-state index contributed by atoms with van der Waals surface area (Å²) in [6.45, 7) is 1.10. The minimum atomic E-state index is -0.829. The van der Waals surface area contributed by atoms with Crippen molar-refractivity contribution in [1.82, 2.24) is 24.1 Å². The van der Waals surface area contributed by atoms with E-state index in [0.717, 1.165) is 36.0 Å². The zero-order valence-electron chi connectivity index (χ0n) is 17.2. The summed E-state index contributed by atoms with van der Waals surface area (Å²) < 4.78 is 41.8. The van der Waals surface area contributed by atoms with Crippen LogP contribution in [0.2, 0.25) is 0 Å². The fraction of sp³-hybridized carbons (Fsp3) is 0.217. The first-order valence-electron chi connectivity index (χ1n) is 10.5. The van der Waals surface area contributed by atoms with Gasteiger partial charge in [0.25, 0.3) is 11.4 Å². The number of nitrogens with zero attached hydrogens (tertiary/aromatic N) is 5. The standard InChI is InChI=1S/C23H17F2N5O3/c24-13-7-8-15(16(25)10-13)22-27-21(28-33-22)19-20-23(31)29(11-14-4-3-9-32-14)17-5-1-2-6-18(17)30(20)12-26-19/h1-2,5-8,10,12,14H,3-4,9,11H2. The number of benzene rings is 2. The van der Waals surface area contributed by atoms with E-state index in [1.165, 1.54) is 12.4 Å². The number of fused-ring (bicyclic) bond motifs is 3. The van der Waals surface area contributed by atoms with Crippen LogP contribution in [0, 0.1) is 11.6 Å². The molecular formula is C23H17F2N5O3. The maximum absolute atomic E-state index is 14.2. The van der Waals surface area contributed by atoms with Crippen LogP contribution in [-0.4, -0.2) is 36.8 Å². The van der Waals surface area contributed by atoms with Gasteiger partial charge in [0.15, 0.2) is 0 Å². The summed E-state index contributed by atoms with van der Waals surface area (Å²) in [5.41, 5.74) is 1.73. The summed E-state index contributed by atoms with van der Waals surface area (Å²) in [6.07, 6.45) is 3.33. The monoisotopic (exact) mass is 449 g/mol. The number of rotatable bonds is 4. The first-order valence-corrected chi connectivity index (χ1v) is 10.5. The van der Waals surface area contributed by atoms with E-state index in [9.17, 15) is 13.6 Å². The maximum Gasteiger partial charge on any atom is 0.277 e. The lowest BCUT2D eigenvalue weighted by atomic mass is 10.2. The largest absolute Gasteiger partial charge is 0.376 e. The SMILES string of the molecule is O=c1c2c(-c3noc(-c4ccc(F)cc4F)n3)ncn2c2ccccc2n1CC1CCCO1. The second-order valence-electron chi connectivity index (χ2n) is 7.90. The first-order chi connectivity index (χ1) is 16.1. The molecule has 8 nitrogen and oxygen atoms in total. The molecule has 0 radical (unpaired) electrons. The molecule has 166 valence electrons. The van der Waals surface area contributed by atoms with E-state index in [0.29, 0.717) is 13.2 Å². The molecule has 3 aromatic heterocycles. The number of aromatic nitrogens is 5. The fourth-order valence-electron chi connectivity index (χ4n) is 4.30. The predicted molar refractivity (Wildman–Crippen MR) is 115 cm³/mol. The average Bonchev–Trinajstić information content (AvgIpc) is 3.57. The molecule has 5 aromatic rings. The van der Waals surface area contributed by atoms with Gasteiger partial charge < -0.3 is 13.8 Å². The van der Waals surface area contributed by atoms with Gasteiger partial charge in [0.05, 0.1) is 29.2 Å². The van der Waals surface area contributed by atoms with E-state index in [2.05, 4.69) is 15.1 Å². The zero-order chi connectivity index (χ0) is 22.5. The van der Waals surface area contributed by atoms with Crippen LogP contribution in [0.1, 0.15) is 12.8 Å². The Bertz CT molecular complexity index is 1570. The maximum atomic E-state index is 14.2. The summed E-state index contributed by atoms with van der Waals surface area (Å²) in [7, 11) is 0. The van der Waals surface area contributed by atoms with Gasteiger partial charge in [-0.1, -0.05) is 17.3 Å². The van der Waals surface area contributed by atoms with E-state index in [1.54, 1.807) is 8.97 Å². The molecule has 4 heterocycles. The second-order valence-corrected chi connectivity index (χ2v) is 7.90. The van der Waals surface area contributed by atoms with Crippen molar-refractivity contribution in [3.63, 3.8) is 0 Å². The smallest absolute Gasteiger partial charge is 0.277 e. The van der Waals surface area contributed by atoms with Crippen molar-refractivity contribution in [2.45, 2.75) is 25.5 Å². The second kappa shape index (κ2) is 7.59. The molecule has 0 saturated carbocycles. The molecule has 1 saturated heterocycles. The van der Waals surface area contributed by atoms with Gasteiger partial charge in [-0.2, -0.15) is 4.98 Å². The first kappa shape index (κ1) is 19.7. The van der Waals surface area contributed by atoms with Gasteiger partial charge in [-0.3, -0.25) is 9.20 Å². The summed E-state index contributed by atoms with van der Waals surface area (Å²) in [5.74, 6) is -1.64. The van der Waals surface area contributed by atoms with Crippen LogP contribution in [-0.2, 0) is 11.3 Å². The van der Waals surface area contributed by atoms with Crippen molar-refractivity contribution >= 4 is 16.6 Å². The van der Waals surface area contributed by atoms with Gasteiger partial charge in [0, 0.05) is 12.7 Å². The van der Waals surface area contributed by atoms with E-state index >= 15 is 0 Å². The van der Waals surface area contributed by atoms with Crippen molar-refractivity contribution in [2.24, 2.45) is 0 Å². The molecular weight excluding hydrogens is 432 g/mol. The van der Waals surface area contributed by atoms with Crippen molar-refractivity contribution in [1.29, 1.82) is 0 Å². The molecule has 0 amide bonds. The quantitative estimate of drug-likeness (QED) is 0.415. The molecule has 1 unspecified atom stereocenters. The minimum Gasteiger partial charge on any atom is -0.376 e. The van der Waals surface area contributed by atoms with Crippen LogP contribution in [0.4, 0.5) is 8.78 Å². The molecule has 1 aliphatic rings. The molecule has 1 fully saturated rings. The highest BCUT2D eigenvalue weighted by Gasteiger charge is 2.24. The van der Waals surface area contributed by atoms with E-state index < -0.39 is 11.6 Å². The molecule has 10 heteroatoms. The highest BCUT2D eigenvalue weighted by molar-refractivity contribution is 5.83. The Kier molecular flexibility index (Phi) is 4.54. The number of para-hydroxylation sites is 2. The highest BCUT2D eigenvalue weighted by Crippen LogP contribution is 2.27. The summed E-state index contributed by atoms with van der Waals surface area (Å²) in [5, 5.41) is 3.91. The highest BCUT2D eigenvalue weighted by atomic mass is 19.1. The average molecular weight is 449 g/mol. The Labute approximate surface area is 185 Å². The molecule has 0 spiro atoms. The third-order valence-electron chi connectivity index (χ3n) is 5.86. The lowest BCUT2D eigenvalue weighted by Gasteiger charge is -2.16. The molecule has 6 rings (SSSR count). The molecule has 0 N–H and O–H groups in total. The Morgan fingerprint density at radius 1 is 1.12 bits per heavy atom. The Morgan fingerprint density at radius 2 is 1.97 bits per heavy atom. The van der Waals surface area contributed by atoms with Gasteiger partial charge >= 0.3 is 0 Å². The number of halogens is 2. The third-order valence-corrected chi connectivity index (χ3v) is 5.86. The van der Waals surface area contributed by atoms with E-state index in [1.807, 2.05) is 24.3 Å². The number of hydrogen-bond acceptors (Lipinski definition) is 6. The number of imidazole rings is 1. The van der Waals surface area contributed by atoms with Gasteiger partial charge in [-0.15, -0.1) is 0 Å². The zero-order valence-corrected chi connectivity index (χ0v) is 17.2. The topological polar surface area (TPSA) is 87.5 Å². The van der Waals surface area contributed by atoms with Crippen LogP contribution in [0.15, 0.2) is 58.1 Å².